The Morgan fingerprint density at radius 1 is 1.30 bits per heavy atom. The van der Waals surface area contributed by atoms with Crippen LogP contribution in [0, 0.1) is 30.7 Å². The molecule has 1 aliphatic rings. The van der Waals surface area contributed by atoms with Gasteiger partial charge in [0.05, 0.1) is 11.0 Å². The summed E-state index contributed by atoms with van der Waals surface area (Å²) in [5, 5.41) is 15.9. The number of aromatic nitrogens is 5. The molecular weight excluding hydrogens is 342 g/mol. The van der Waals surface area contributed by atoms with Gasteiger partial charge < -0.3 is 4.57 Å². The van der Waals surface area contributed by atoms with Gasteiger partial charge in [-0.25, -0.2) is 14.6 Å². The molecule has 27 heavy (non-hydrogen) atoms. The van der Waals surface area contributed by atoms with E-state index in [0.717, 1.165) is 29.0 Å². The van der Waals surface area contributed by atoms with Crippen molar-refractivity contribution in [1.82, 2.24) is 29.7 Å². The molecule has 0 bridgehead atoms. The third-order valence-electron chi connectivity index (χ3n) is 4.92. The fourth-order valence-corrected chi connectivity index (χ4v) is 3.56. The molecule has 2 heterocycles. The Labute approximate surface area is 156 Å². The van der Waals surface area contributed by atoms with Gasteiger partial charge in [0.15, 0.2) is 0 Å². The molecule has 138 valence electrons. The van der Waals surface area contributed by atoms with Crippen LogP contribution in [0.5, 0.6) is 0 Å². The molecule has 1 aliphatic carbocycles. The Morgan fingerprint density at radius 2 is 2.07 bits per heavy atom. The van der Waals surface area contributed by atoms with E-state index in [1.165, 1.54) is 4.68 Å². The normalized spacial score (nSPS) is 19.3. The summed E-state index contributed by atoms with van der Waals surface area (Å²) in [5.74, 6) is 2.84. The minimum absolute atomic E-state index is 0.139. The second kappa shape index (κ2) is 6.42. The summed E-state index contributed by atoms with van der Waals surface area (Å²) in [6, 6.07) is 8.06. The molecule has 0 spiro atoms. The van der Waals surface area contributed by atoms with Crippen LogP contribution in [0.2, 0.25) is 0 Å². The van der Waals surface area contributed by atoms with E-state index in [9.17, 15) is 0 Å². The molecule has 9 nitrogen and oxygen atoms in total. The maximum absolute atomic E-state index is 8.33. The van der Waals surface area contributed by atoms with Crippen molar-refractivity contribution in [1.29, 1.82) is 10.9 Å². The quantitative estimate of drug-likeness (QED) is 0.279. The standard InChI is InChI=1S/C18H21N9/c1-10-21-11(2)27(24-10)17(19)9-15(23-25-20)12-8-13(12)18-22-14-6-4-5-7-16(14)26(18)3/h4-7,9,12-13,19H,8H2,1-3H3,(H2,20,23)/b15-9-,19-17?/t12-,13-/m1/s1. The summed E-state index contributed by atoms with van der Waals surface area (Å²) in [6.45, 7) is 3.60. The maximum atomic E-state index is 8.33. The summed E-state index contributed by atoms with van der Waals surface area (Å²) in [4.78, 5) is 9.00. The second-order valence-corrected chi connectivity index (χ2v) is 6.79. The van der Waals surface area contributed by atoms with Gasteiger partial charge in [0.25, 0.3) is 0 Å². The average molecular weight is 363 g/mol. The molecule has 0 unspecified atom stereocenters. The predicted molar refractivity (Wildman–Crippen MR) is 101 cm³/mol. The van der Waals surface area contributed by atoms with Crippen LogP contribution < -0.4 is 5.43 Å². The zero-order chi connectivity index (χ0) is 19.1. The molecule has 2 atom stereocenters. The van der Waals surface area contributed by atoms with Crippen LogP contribution >= 0.6 is 0 Å². The number of nitrogens with zero attached hydrogens (tertiary/aromatic N) is 6. The van der Waals surface area contributed by atoms with E-state index in [1.54, 1.807) is 13.0 Å². The van der Waals surface area contributed by atoms with Crippen LogP contribution in [-0.2, 0) is 7.05 Å². The molecule has 4 rings (SSSR count). The van der Waals surface area contributed by atoms with Crippen molar-refractivity contribution in [2.24, 2.45) is 18.2 Å². The van der Waals surface area contributed by atoms with Gasteiger partial charge in [-0.3, -0.25) is 10.8 Å². The van der Waals surface area contributed by atoms with Gasteiger partial charge in [-0.05, 0) is 32.4 Å². The molecule has 0 saturated heterocycles. The average Bonchev–Trinajstić information content (AvgIpc) is 3.26. The van der Waals surface area contributed by atoms with Gasteiger partial charge >= 0.3 is 0 Å². The number of nitrogens with one attached hydrogen (secondary N) is 3. The van der Waals surface area contributed by atoms with Crippen LogP contribution in [0.3, 0.4) is 0 Å². The Morgan fingerprint density at radius 3 is 2.74 bits per heavy atom. The van der Waals surface area contributed by atoms with Crippen molar-refractivity contribution in [2.45, 2.75) is 26.2 Å². The molecule has 9 heteroatoms. The first kappa shape index (κ1) is 17.1. The third-order valence-corrected chi connectivity index (χ3v) is 4.92. The molecule has 3 aromatic rings. The minimum atomic E-state index is 0.139. The number of hydrogen-bond donors (Lipinski definition) is 3. The van der Waals surface area contributed by atoms with Crippen LogP contribution in [-0.4, -0.2) is 30.2 Å². The lowest BCUT2D eigenvalue weighted by molar-refractivity contribution is 0.696. The summed E-state index contributed by atoms with van der Waals surface area (Å²) >= 11 is 0. The van der Waals surface area contributed by atoms with E-state index < -0.39 is 0 Å². The van der Waals surface area contributed by atoms with Crippen molar-refractivity contribution in [2.75, 3.05) is 0 Å². The highest BCUT2D eigenvalue weighted by Gasteiger charge is 2.44. The topological polar surface area (TPSA) is 121 Å². The number of hydrogen-bond acceptors (Lipinski definition) is 6. The monoisotopic (exact) mass is 363 g/mol. The lowest BCUT2D eigenvalue weighted by Crippen LogP contribution is -2.16. The number of benzene rings is 1. The van der Waals surface area contributed by atoms with Gasteiger partial charge in [0.2, 0.25) is 0 Å². The summed E-state index contributed by atoms with van der Waals surface area (Å²) in [5.41, 5.74) is 12.7. The molecule has 1 aromatic carbocycles. The van der Waals surface area contributed by atoms with Crippen molar-refractivity contribution in [3.8, 4) is 0 Å². The smallest absolute Gasteiger partial charge is 0.149 e. The molecular formula is C18H21N9. The fourth-order valence-electron chi connectivity index (χ4n) is 3.56. The summed E-state index contributed by atoms with van der Waals surface area (Å²) < 4.78 is 3.60. The van der Waals surface area contributed by atoms with Crippen LogP contribution in [0.25, 0.3) is 11.0 Å². The maximum Gasteiger partial charge on any atom is 0.149 e. The van der Waals surface area contributed by atoms with Crippen LogP contribution in [0.1, 0.15) is 29.8 Å². The van der Waals surface area contributed by atoms with Gasteiger partial charge in [-0.2, -0.15) is 5.53 Å². The number of para-hydroxylation sites is 2. The zero-order valence-electron chi connectivity index (χ0n) is 15.4. The molecule has 1 fully saturated rings. The van der Waals surface area contributed by atoms with Crippen molar-refractivity contribution >= 4 is 16.9 Å². The molecule has 1 saturated carbocycles. The first-order valence-electron chi connectivity index (χ1n) is 8.74. The van der Waals surface area contributed by atoms with E-state index in [2.05, 4.69) is 31.4 Å². The Hall–Kier alpha value is -3.36. The number of fused-ring (bicyclic) bond motifs is 1. The van der Waals surface area contributed by atoms with Gasteiger partial charge in [-0.15, -0.1) is 5.10 Å². The summed E-state index contributed by atoms with van der Waals surface area (Å²) in [6.07, 6.45) is 2.57. The molecule has 0 amide bonds. The first-order valence-corrected chi connectivity index (χ1v) is 8.74. The molecule has 0 aliphatic heterocycles. The van der Waals surface area contributed by atoms with Gasteiger partial charge in [-0.1, -0.05) is 17.4 Å². The Kier molecular flexibility index (Phi) is 4.06. The number of rotatable bonds is 5. The minimum Gasteiger partial charge on any atom is -0.331 e. The largest absolute Gasteiger partial charge is 0.331 e. The predicted octanol–water partition coefficient (Wildman–Crippen LogP) is 2.83. The van der Waals surface area contributed by atoms with Crippen LogP contribution in [0.15, 0.2) is 41.3 Å². The highest BCUT2D eigenvalue weighted by atomic mass is 15.4. The summed E-state index contributed by atoms with van der Waals surface area (Å²) in [7, 11) is 2.02. The highest BCUT2D eigenvalue weighted by molar-refractivity contribution is 5.92. The SMILES string of the molecule is Cc1nc(C)n(C(=N)/C=C(\NN=N)[C@@H]2C[C@H]2c2nc3ccccc3n2C)n1. The lowest BCUT2D eigenvalue weighted by Gasteiger charge is -2.07. The van der Waals surface area contributed by atoms with E-state index in [0.29, 0.717) is 11.6 Å². The highest BCUT2D eigenvalue weighted by Crippen LogP contribution is 2.51. The van der Waals surface area contributed by atoms with Gasteiger partial charge in [0.1, 0.15) is 23.3 Å². The zero-order valence-corrected chi connectivity index (χ0v) is 15.4. The van der Waals surface area contributed by atoms with E-state index in [4.69, 9.17) is 15.9 Å². The molecule has 0 radical (unpaired) electrons. The van der Waals surface area contributed by atoms with E-state index in [1.807, 2.05) is 32.2 Å². The fraction of sp³-hybridized carbons (Fsp3) is 0.333. The number of aryl methyl sites for hydroxylation is 3. The lowest BCUT2D eigenvalue weighted by atomic mass is 10.2. The van der Waals surface area contributed by atoms with Gasteiger partial charge in [0, 0.05) is 30.7 Å². The van der Waals surface area contributed by atoms with Crippen molar-refractivity contribution < 1.29 is 0 Å². The first-order chi connectivity index (χ1) is 13.0. The van der Waals surface area contributed by atoms with E-state index >= 15 is 0 Å². The number of imidazole rings is 1. The third kappa shape index (κ3) is 3.01. The molecule has 3 N–H and O–H groups in total. The Balaban J connectivity index is 1.62. The van der Waals surface area contributed by atoms with Crippen molar-refractivity contribution in [3.63, 3.8) is 0 Å². The second-order valence-electron chi connectivity index (χ2n) is 6.79. The van der Waals surface area contributed by atoms with Crippen LogP contribution in [0.4, 0.5) is 0 Å². The van der Waals surface area contributed by atoms with Crippen molar-refractivity contribution in [3.05, 3.63) is 53.5 Å². The van der Waals surface area contributed by atoms with E-state index in [-0.39, 0.29) is 17.7 Å². The Bertz CT molecular complexity index is 1070. The molecule has 2 aromatic heterocycles. The number of allylic oxidation sites excluding steroid dienone is 2.